The topological polar surface area (TPSA) is 68.5 Å². The van der Waals surface area contributed by atoms with E-state index in [0.29, 0.717) is 30.9 Å². The third kappa shape index (κ3) is 3.17. The van der Waals surface area contributed by atoms with Gasteiger partial charge in [-0.05, 0) is 25.7 Å². The van der Waals surface area contributed by atoms with Gasteiger partial charge in [-0.3, -0.25) is 9.69 Å². The summed E-state index contributed by atoms with van der Waals surface area (Å²) in [4.78, 5) is 18.1. The first kappa shape index (κ1) is 13.5. The third-order valence-electron chi connectivity index (χ3n) is 4.17. The highest BCUT2D eigenvalue weighted by Gasteiger charge is 2.30. The fraction of sp³-hybridized carbons (Fsp3) is 0.786. The zero-order valence-corrected chi connectivity index (χ0v) is 11.9. The fourth-order valence-corrected chi connectivity index (χ4v) is 2.83. The lowest BCUT2D eigenvalue weighted by Crippen LogP contribution is -2.37. The first-order valence-corrected chi connectivity index (χ1v) is 7.39. The number of methoxy groups -OCH3 is 1. The Bertz CT molecular complexity index is 464. The molecule has 1 heterocycles. The van der Waals surface area contributed by atoms with Gasteiger partial charge < -0.3 is 9.26 Å². The minimum Gasteiger partial charge on any atom is -0.468 e. The molecule has 0 N–H and O–H groups in total. The third-order valence-corrected chi connectivity index (χ3v) is 4.17. The number of carbonyl (C=O) groups is 1. The molecule has 2 aliphatic rings. The van der Waals surface area contributed by atoms with Crippen LogP contribution in [0, 0.1) is 0 Å². The number of aromatic nitrogens is 2. The Balaban J connectivity index is 1.65. The predicted molar refractivity (Wildman–Crippen MR) is 71.0 cm³/mol. The molecule has 0 radical (unpaired) electrons. The van der Waals surface area contributed by atoms with Gasteiger partial charge in [0.2, 0.25) is 5.89 Å². The standard InChI is InChI=1S/C14H21N3O3/c1-19-13(18)9-17(11-4-2-3-5-11)8-12-15-14(16-20-12)10-6-7-10/h10-11H,2-9H2,1H3. The van der Waals surface area contributed by atoms with Crippen LogP contribution in [0.2, 0.25) is 0 Å². The quantitative estimate of drug-likeness (QED) is 0.740. The van der Waals surface area contributed by atoms with E-state index in [4.69, 9.17) is 9.26 Å². The molecule has 2 fully saturated rings. The molecule has 0 saturated heterocycles. The van der Waals surface area contributed by atoms with Crippen LogP contribution in [0.25, 0.3) is 0 Å². The highest BCUT2D eigenvalue weighted by atomic mass is 16.5. The molecule has 3 rings (SSSR count). The molecular formula is C14H21N3O3. The number of nitrogens with zero attached hydrogens (tertiary/aromatic N) is 3. The van der Waals surface area contributed by atoms with Crippen LogP contribution in [0.4, 0.5) is 0 Å². The molecule has 110 valence electrons. The second kappa shape index (κ2) is 5.91. The summed E-state index contributed by atoms with van der Waals surface area (Å²) in [6.07, 6.45) is 7.02. The molecule has 0 aromatic carbocycles. The van der Waals surface area contributed by atoms with Gasteiger partial charge in [-0.2, -0.15) is 4.98 Å². The molecule has 0 aliphatic heterocycles. The van der Waals surface area contributed by atoms with Crippen LogP contribution in [0.5, 0.6) is 0 Å². The smallest absolute Gasteiger partial charge is 0.319 e. The first-order chi connectivity index (χ1) is 9.76. The summed E-state index contributed by atoms with van der Waals surface area (Å²) < 4.78 is 10.1. The van der Waals surface area contributed by atoms with Crippen molar-refractivity contribution in [1.82, 2.24) is 15.0 Å². The van der Waals surface area contributed by atoms with Crippen LogP contribution in [-0.4, -0.2) is 40.7 Å². The van der Waals surface area contributed by atoms with Crippen LogP contribution < -0.4 is 0 Å². The Morgan fingerprint density at radius 1 is 1.35 bits per heavy atom. The lowest BCUT2D eigenvalue weighted by molar-refractivity contribution is -0.142. The van der Waals surface area contributed by atoms with Crippen molar-refractivity contribution in [2.24, 2.45) is 0 Å². The SMILES string of the molecule is COC(=O)CN(Cc1nc(C2CC2)no1)C1CCCC1. The van der Waals surface area contributed by atoms with E-state index in [2.05, 4.69) is 15.0 Å². The first-order valence-electron chi connectivity index (χ1n) is 7.39. The van der Waals surface area contributed by atoms with E-state index < -0.39 is 0 Å². The van der Waals surface area contributed by atoms with Gasteiger partial charge in [-0.25, -0.2) is 0 Å². The number of ether oxygens (including phenoxy) is 1. The zero-order chi connectivity index (χ0) is 13.9. The van der Waals surface area contributed by atoms with Crippen molar-refractivity contribution in [2.45, 2.75) is 57.0 Å². The van der Waals surface area contributed by atoms with E-state index in [-0.39, 0.29) is 5.97 Å². The second-order valence-electron chi connectivity index (χ2n) is 5.74. The van der Waals surface area contributed by atoms with Crippen LogP contribution >= 0.6 is 0 Å². The maximum Gasteiger partial charge on any atom is 0.319 e. The van der Waals surface area contributed by atoms with Gasteiger partial charge in [0.05, 0.1) is 20.2 Å². The van der Waals surface area contributed by atoms with Gasteiger partial charge in [0.1, 0.15) is 0 Å². The van der Waals surface area contributed by atoms with Crippen LogP contribution in [0.3, 0.4) is 0 Å². The van der Waals surface area contributed by atoms with E-state index in [9.17, 15) is 4.79 Å². The highest BCUT2D eigenvalue weighted by molar-refractivity contribution is 5.71. The summed E-state index contributed by atoms with van der Waals surface area (Å²) in [6.45, 7) is 0.835. The van der Waals surface area contributed by atoms with Gasteiger partial charge in [-0.15, -0.1) is 0 Å². The maximum absolute atomic E-state index is 11.6. The minimum absolute atomic E-state index is 0.209. The number of hydrogen-bond acceptors (Lipinski definition) is 6. The van der Waals surface area contributed by atoms with Crippen molar-refractivity contribution in [3.63, 3.8) is 0 Å². The summed E-state index contributed by atoms with van der Waals surface area (Å²) in [5, 5.41) is 4.03. The van der Waals surface area contributed by atoms with E-state index in [1.165, 1.54) is 20.0 Å². The molecule has 0 unspecified atom stereocenters. The largest absolute Gasteiger partial charge is 0.468 e. The Labute approximate surface area is 118 Å². The number of hydrogen-bond donors (Lipinski definition) is 0. The van der Waals surface area contributed by atoms with Crippen LogP contribution in [-0.2, 0) is 16.1 Å². The molecule has 0 amide bonds. The zero-order valence-electron chi connectivity index (χ0n) is 11.9. The van der Waals surface area contributed by atoms with Gasteiger partial charge >= 0.3 is 5.97 Å². The molecule has 0 bridgehead atoms. The van der Waals surface area contributed by atoms with Gasteiger partial charge in [0.25, 0.3) is 0 Å². The average molecular weight is 279 g/mol. The predicted octanol–water partition coefficient (Wildman–Crippen LogP) is 1.86. The Morgan fingerprint density at radius 3 is 2.75 bits per heavy atom. The number of carbonyl (C=O) groups excluding carboxylic acids is 1. The molecule has 0 atom stereocenters. The summed E-state index contributed by atoms with van der Waals surface area (Å²) in [6, 6.07) is 0.422. The molecule has 1 aromatic rings. The summed E-state index contributed by atoms with van der Waals surface area (Å²) >= 11 is 0. The van der Waals surface area contributed by atoms with Crippen molar-refractivity contribution in [1.29, 1.82) is 0 Å². The Morgan fingerprint density at radius 2 is 2.10 bits per heavy atom. The lowest BCUT2D eigenvalue weighted by Gasteiger charge is -2.25. The summed E-state index contributed by atoms with van der Waals surface area (Å²) in [5.41, 5.74) is 0. The molecule has 1 aromatic heterocycles. The molecule has 20 heavy (non-hydrogen) atoms. The van der Waals surface area contributed by atoms with Gasteiger partial charge in [0.15, 0.2) is 5.82 Å². The normalized spacial score (nSPS) is 19.7. The van der Waals surface area contributed by atoms with E-state index >= 15 is 0 Å². The fourth-order valence-electron chi connectivity index (χ4n) is 2.83. The van der Waals surface area contributed by atoms with Gasteiger partial charge in [-0.1, -0.05) is 18.0 Å². The summed E-state index contributed by atoms with van der Waals surface area (Å²) in [7, 11) is 1.42. The summed E-state index contributed by atoms with van der Waals surface area (Å²) in [5.74, 6) is 1.72. The molecule has 0 spiro atoms. The van der Waals surface area contributed by atoms with E-state index in [1.54, 1.807) is 0 Å². The number of rotatable bonds is 6. The molecule has 6 nitrogen and oxygen atoms in total. The van der Waals surface area contributed by atoms with E-state index in [1.807, 2.05) is 0 Å². The number of esters is 1. The van der Waals surface area contributed by atoms with Gasteiger partial charge in [0, 0.05) is 12.0 Å². The minimum atomic E-state index is -0.209. The van der Waals surface area contributed by atoms with Crippen LogP contribution in [0.1, 0.15) is 56.2 Å². The Hall–Kier alpha value is -1.43. The van der Waals surface area contributed by atoms with Crippen molar-refractivity contribution in [3.05, 3.63) is 11.7 Å². The molecule has 2 aliphatic carbocycles. The molecular weight excluding hydrogens is 258 g/mol. The van der Waals surface area contributed by atoms with Crippen molar-refractivity contribution >= 4 is 5.97 Å². The van der Waals surface area contributed by atoms with Crippen molar-refractivity contribution < 1.29 is 14.1 Å². The molecule has 6 heteroatoms. The molecule has 2 saturated carbocycles. The van der Waals surface area contributed by atoms with Crippen molar-refractivity contribution in [3.8, 4) is 0 Å². The van der Waals surface area contributed by atoms with E-state index in [0.717, 1.165) is 31.5 Å². The average Bonchev–Trinajstić information content (AvgIpc) is 2.98. The second-order valence-corrected chi connectivity index (χ2v) is 5.74. The highest BCUT2D eigenvalue weighted by Crippen LogP contribution is 2.38. The maximum atomic E-state index is 11.6. The van der Waals surface area contributed by atoms with Crippen molar-refractivity contribution in [2.75, 3.05) is 13.7 Å². The Kier molecular flexibility index (Phi) is 4.00. The lowest BCUT2D eigenvalue weighted by atomic mass is 10.2. The van der Waals surface area contributed by atoms with Crippen LogP contribution in [0.15, 0.2) is 4.52 Å². The monoisotopic (exact) mass is 279 g/mol.